The molecule has 0 atom stereocenters. The lowest BCUT2D eigenvalue weighted by atomic mass is 10.1. The molecule has 0 fully saturated rings. The van der Waals surface area contributed by atoms with Crippen molar-refractivity contribution in [3.05, 3.63) is 86.1 Å². The van der Waals surface area contributed by atoms with Crippen molar-refractivity contribution >= 4 is 0 Å². The number of imidazole rings is 1. The van der Waals surface area contributed by atoms with Crippen molar-refractivity contribution in [3.8, 4) is 39.9 Å². The smallest absolute Gasteiger partial charge is 0.453 e. The van der Waals surface area contributed by atoms with Gasteiger partial charge in [-0.25, -0.2) is 4.98 Å². The van der Waals surface area contributed by atoms with Crippen LogP contribution in [0.3, 0.4) is 0 Å². The SMILES string of the molecule is C=C.FC(F)(F)Oc1ccccc1-c1ccc(-c2ncc(-c3ccccc3)[nH]2)o1. The molecule has 1 N–H and O–H groups in total. The first-order chi connectivity index (χ1) is 14.0. The van der Waals surface area contributed by atoms with E-state index in [4.69, 9.17) is 4.42 Å². The highest BCUT2D eigenvalue weighted by atomic mass is 19.4. The topological polar surface area (TPSA) is 51.0 Å². The summed E-state index contributed by atoms with van der Waals surface area (Å²) in [4.78, 5) is 7.44. The van der Waals surface area contributed by atoms with Crippen molar-refractivity contribution in [1.82, 2.24) is 9.97 Å². The van der Waals surface area contributed by atoms with Crippen molar-refractivity contribution in [2.24, 2.45) is 0 Å². The molecule has 0 aliphatic heterocycles. The van der Waals surface area contributed by atoms with E-state index in [0.717, 1.165) is 11.3 Å². The number of furan rings is 1. The molecule has 148 valence electrons. The van der Waals surface area contributed by atoms with Crippen LogP contribution in [-0.2, 0) is 0 Å². The molecule has 4 aromatic rings. The van der Waals surface area contributed by atoms with E-state index in [-0.39, 0.29) is 17.1 Å². The monoisotopic (exact) mass is 398 g/mol. The Morgan fingerprint density at radius 1 is 0.862 bits per heavy atom. The highest BCUT2D eigenvalue weighted by Crippen LogP contribution is 2.36. The quantitative estimate of drug-likeness (QED) is 0.389. The van der Waals surface area contributed by atoms with Gasteiger partial charge in [-0.05, 0) is 29.8 Å². The van der Waals surface area contributed by atoms with Crippen LogP contribution in [-0.4, -0.2) is 16.3 Å². The van der Waals surface area contributed by atoms with Gasteiger partial charge in [0.25, 0.3) is 0 Å². The molecule has 4 nitrogen and oxygen atoms in total. The molecule has 0 bridgehead atoms. The summed E-state index contributed by atoms with van der Waals surface area (Å²) in [6, 6.07) is 18.7. The van der Waals surface area contributed by atoms with Gasteiger partial charge in [0.05, 0.1) is 17.5 Å². The minimum absolute atomic E-state index is 0.205. The van der Waals surface area contributed by atoms with Crippen molar-refractivity contribution < 1.29 is 22.3 Å². The molecule has 2 aromatic carbocycles. The third-order valence-corrected chi connectivity index (χ3v) is 3.88. The normalized spacial score (nSPS) is 10.9. The summed E-state index contributed by atoms with van der Waals surface area (Å²) >= 11 is 0. The van der Waals surface area contributed by atoms with Gasteiger partial charge in [-0.2, -0.15) is 0 Å². The number of H-pyrrole nitrogens is 1. The molecule has 0 aliphatic carbocycles. The summed E-state index contributed by atoms with van der Waals surface area (Å²) in [7, 11) is 0. The lowest BCUT2D eigenvalue weighted by Gasteiger charge is -2.11. The third kappa shape index (κ3) is 4.76. The summed E-state index contributed by atoms with van der Waals surface area (Å²) in [6.07, 6.45) is -3.11. The fraction of sp³-hybridized carbons (Fsp3) is 0.0455. The predicted octanol–water partition coefficient (Wildman–Crippen LogP) is 6.70. The number of hydrogen-bond donors (Lipinski definition) is 1. The number of aromatic nitrogens is 2. The fourth-order valence-electron chi connectivity index (χ4n) is 2.70. The van der Waals surface area contributed by atoms with Gasteiger partial charge in [0.1, 0.15) is 11.5 Å². The van der Waals surface area contributed by atoms with Gasteiger partial charge in [0.2, 0.25) is 0 Å². The zero-order valence-electron chi connectivity index (χ0n) is 15.2. The van der Waals surface area contributed by atoms with Gasteiger partial charge in [0, 0.05) is 0 Å². The molecule has 4 rings (SSSR count). The molecule has 0 unspecified atom stereocenters. The first-order valence-corrected chi connectivity index (χ1v) is 8.55. The second kappa shape index (κ2) is 8.52. The molecule has 0 amide bonds. The van der Waals surface area contributed by atoms with Crippen molar-refractivity contribution in [1.29, 1.82) is 0 Å². The standard InChI is InChI=1S/C20H13F3N2O2.C2H4/c21-20(22,23)27-17-9-5-4-8-14(17)16-10-11-18(26-16)19-24-12-15(25-19)13-6-2-1-3-7-13;1-2/h1-12H,(H,24,25);1-2H2. The van der Waals surface area contributed by atoms with Gasteiger partial charge in [-0.3, -0.25) is 0 Å². The zero-order valence-corrected chi connectivity index (χ0v) is 15.2. The van der Waals surface area contributed by atoms with Gasteiger partial charge < -0.3 is 14.1 Å². The Balaban J connectivity index is 0.00000117. The average molecular weight is 398 g/mol. The fourth-order valence-corrected chi connectivity index (χ4v) is 2.70. The maximum atomic E-state index is 12.6. The summed E-state index contributed by atoms with van der Waals surface area (Å²) in [6.45, 7) is 6.00. The van der Waals surface area contributed by atoms with E-state index in [1.807, 2.05) is 30.3 Å². The van der Waals surface area contributed by atoms with Crippen LogP contribution in [0.15, 0.2) is 90.5 Å². The van der Waals surface area contributed by atoms with Crippen LogP contribution in [0.25, 0.3) is 34.2 Å². The first-order valence-electron chi connectivity index (χ1n) is 8.55. The summed E-state index contributed by atoms with van der Waals surface area (Å²) < 4.78 is 47.6. The number of ether oxygens (including phenoxy) is 1. The van der Waals surface area contributed by atoms with Crippen molar-refractivity contribution in [3.63, 3.8) is 0 Å². The zero-order chi connectivity index (χ0) is 20.9. The van der Waals surface area contributed by atoms with E-state index in [2.05, 4.69) is 27.9 Å². The molecule has 0 saturated carbocycles. The van der Waals surface area contributed by atoms with Gasteiger partial charge in [-0.1, -0.05) is 42.5 Å². The molecule has 2 heterocycles. The molecule has 2 aromatic heterocycles. The van der Waals surface area contributed by atoms with Crippen LogP contribution in [0.5, 0.6) is 5.75 Å². The van der Waals surface area contributed by atoms with E-state index in [1.54, 1.807) is 24.4 Å². The van der Waals surface area contributed by atoms with Gasteiger partial charge in [0.15, 0.2) is 11.6 Å². The highest BCUT2D eigenvalue weighted by Gasteiger charge is 2.32. The number of nitrogens with one attached hydrogen (secondary N) is 1. The third-order valence-electron chi connectivity index (χ3n) is 3.88. The van der Waals surface area contributed by atoms with Gasteiger partial charge >= 0.3 is 6.36 Å². The van der Waals surface area contributed by atoms with Crippen LogP contribution < -0.4 is 4.74 Å². The van der Waals surface area contributed by atoms with Crippen molar-refractivity contribution in [2.75, 3.05) is 0 Å². The van der Waals surface area contributed by atoms with Crippen LogP contribution in [0, 0.1) is 0 Å². The minimum Gasteiger partial charge on any atom is -0.453 e. The number of halogens is 3. The molecular formula is C22H17F3N2O2. The van der Waals surface area contributed by atoms with E-state index < -0.39 is 6.36 Å². The Bertz CT molecular complexity index is 1070. The number of hydrogen-bond acceptors (Lipinski definition) is 3. The number of nitrogens with zero attached hydrogens (tertiary/aromatic N) is 1. The number of para-hydroxylation sites is 1. The molecule has 0 radical (unpaired) electrons. The second-order valence-corrected chi connectivity index (χ2v) is 5.72. The molecule has 29 heavy (non-hydrogen) atoms. The van der Waals surface area contributed by atoms with Crippen LogP contribution in [0.1, 0.15) is 0 Å². The predicted molar refractivity (Wildman–Crippen MR) is 105 cm³/mol. The lowest BCUT2D eigenvalue weighted by Crippen LogP contribution is -2.17. The Morgan fingerprint density at radius 2 is 1.52 bits per heavy atom. The summed E-state index contributed by atoms with van der Waals surface area (Å²) in [5.41, 5.74) is 1.98. The van der Waals surface area contributed by atoms with Gasteiger partial charge in [-0.15, -0.1) is 26.3 Å². The Morgan fingerprint density at radius 3 is 2.24 bits per heavy atom. The molecule has 0 spiro atoms. The van der Waals surface area contributed by atoms with E-state index >= 15 is 0 Å². The highest BCUT2D eigenvalue weighted by molar-refractivity contribution is 5.69. The van der Waals surface area contributed by atoms with Crippen LogP contribution in [0.4, 0.5) is 13.2 Å². The molecule has 0 saturated heterocycles. The Hall–Kier alpha value is -3.74. The van der Waals surface area contributed by atoms with Crippen LogP contribution >= 0.6 is 0 Å². The lowest BCUT2D eigenvalue weighted by molar-refractivity contribution is -0.274. The Kier molecular flexibility index (Phi) is 5.87. The van der Waals surface area contributed by atoms with E-state index in [0.29, 0.717) is 11.6 Å². The maximum Gasteiger partial charge on any atom is 0.573 e. The average Bonchev–Trinajstić information content (AvgIpc) is 3.39. The largest absolute Gasteiger partial charge is 0.573 e. The van der Waals surface area contributed by atoms with Crippen molar-refractivity contribution in [2.45, 2.75) is 6.36 Å². The minimum atomic E-state index is -4.78. The molecular weight excluding hydrogens is 381 g/mol. The maximum absolute atomic E-state index is 12.6. The first kappa shape index (κ1) is 20.0. The number of alkyl halides is 3. The summed E-state index contributed by atoms with van der Waals surface area (Å²) in [5.74, 6) is 0.821. The Labute approximate surface area is 165 Å². The molecule has 7 heteroatoms. The summed E-state index contributed by atoms with van der Waals surface area (Å²) in [5, 5.41) is 0. The number of aromatic amines is 1. The van der Waals surface area contributed by atoms with E-state index in [9.17, 15) is 13.2 Å². The number of rotatable bonds is 4. The molecule has 0 aliphatic rings. The second-order valence-electron chi connectivity index (χ2n) is 5.72. The number of benzene rings is 2. The van der Waals surface area contributed by atoms with E-state index in [1.165, 1.54) is 18.2 Å². The van der Waals surface area contributed by atoms with Crippen LogP contribution in [0.2, 0.25) is 0 Å².